The van der Waals surface area contributed by atoms with Crippen LogP contribution in [0.25, 0.3) is 0 Å². The summed E-state index contributed by atoms with van der Waals surface area (Å²) < 4.78 is 13.5. The van der Waals surface area contributed by atoms with E-state index in [4.69, 9.17) is 0 Å². The molecule has 0 radical (unpaired) electrons. The number of carbonyl (C=O) groups excluding carboxylic acids is 3. The number of carbonyl (C=O) groups is 3. The molecule has 2 atom stereocenters. The summed E-state index contributed by atoms with van der Waals surface area (Å²) >= 11 is 0. The third-order valence-corrected chi connectivity index (χ3v) is 5.40. The minimum absolute atomic E-state index is 0.0198. The van der Waals surface area contributed by atoms with E-state index in [-0.39, 0.29) is 35.9 Å². The van der Waals surface area contributed by atoms with E-state index in [9.17, 15) is 18.8 Å². The zero-order valence-electron chi connectivity index (χ0n) is 16.2. The topological polar surface area (TPSA) is 91.4 Å². The van der Waals surface area contributed by atoms with Crippen molar-refractivity contribution in [3.8, 4) is 0 Å². The molecule has 154 valence electrons. The van der Waals surface area contributed by atoms with Gasteiger partial charge in [0.2, 0.25) is 17.7 Å². The van der Waals surface area contributed by atoms with Crippen molar-refractivity contribution in [3.63, 3.8) is 0 Å². The normalized spacial score (nSPS) is 19.9. The highest BCUT2D eigenvalue weighted by atomic mass is 19.1. The number of halogens is 1. The van der Waals surface area contributed by atoms with E-state index in [0.29, 0.717) is 36.5 Å². The maximum Gasteiger partial charge on any atom is 0.247 e. The fourth-order valence-corrected chi connectivity index (χ4v) is 4.08. The third-order valence-electron chi connectivity index (χ3n) is 5.40. The third kappa shape index (κ3) is 4.07. The van der Waals surface area contributed by atoms with E-state index in [0.717, 1.165) is 5.56 Å². The van der Waals surface area contributed by atoms with Crippen LogP contribution >= 0.6 is 0 Å². The lowest BCUT2D eigenvalue weighted by atomic mass is 9.96. The molecule has 3 amide bonds. The molecule has 30 heavy (non-hydrogen) atoms. The smallest absolute Gasteiger partial charge is 0.247 e. The predicted octanol–water partition coefficient (Wildman–Crippen LogP) is 2.30. The zero-order chi connectivity index (χ0) is 21.3. The van der Waals surface area contributed by atoms with Gasteiger partial charge in [0.1, 0.15) is 17.7 Å². The molecular weight excluding hydrogens is 387 g/mol. The van der Waals surface area contributed by atoms with Crippen LogP contribution in [0.3, 0.4) is 0 Å². The number of pyridine rings is 1. The Morgan fingerprint density at radius 1 is 1.37 bits per heavy atom. The lowest BCUT2D eigenvalue weighted by Gasteiger charge is -2.22. The van der Waals surface area contributed by atoms with Crippen molar-refractivity contribution in [3.05, 3.63) is 66.1 Å². The Hall–Kier alpha value is -3.55. The van der Waals surface area contributed by atoms with Crippen molar-refractivity contribution in [1.82, 2.24) is 9.88 Å². The van der Waals surface area contributed by atoms with Crippen molar-refractivity contribution in [2.24, 2.45) is 5.92 Å². The molecule has 1 aromatic heterocycles. The first-order valence-electron chi connectivity index (χ1n) is 9.70. The number of anilines is 2. The van der Waals surface area contributed by atoms with E-state index in [1.54, 1.807) is 12.1 Å². The van der Waals surface area contributed by atoms with Crippen LogP contribution in [-0.2, 0) is 27.2 Å². The highest BCUT2D eigenvalue weighted by molar-refractivity contribution is 6.01. The second-order valence-corrected chi connectivity index (χ2v) is 7.59. The van der Waals surface area contributed by atoms with E-state index < -0.39 is 6.04 Å². The van der Waals surface area contributed by atoms with Crippen LogP contribution in [0.15, 0.2) is 49.2 Å². The Morgan fingerprint density at radius 2 is 2.20 bits per heavy atom. The Labute approximate surface area is 173 Å². The minimum Gasteiger partial charge on any atom is -0.327 e. The quantitative estimate of drug-likeness (QED) is 0.743. The van der Waals surface area contributed by atoms with Gasteiger partial charge in [-0.05, 0) is 48.6 Å². The number of hydrogen-bond acceptors (Lipinski definition) is 4. The summed E-state index contributed by atoms with van der Waals surface area (Å²) in [5, 5.41) is 5.44. The molecule has 8 heteroatoms. The number of rotatable bonds is 5. The van der Waals surface area contributed by atoms with Gasteiger partial charge in [0.25, 0.3) is 0 Å². The van der Waals surface area contributed by atoms with Gasteiger partial charge in [0.15, 0.2) is 0 Å². The number of aromatic nitrogens is 1. The number of fused-ring (bicyclic) bond motifs is 1. The first kappa shape index (κ1) is 19.8. The van der Waals surface area contributed by atoms with Crippen LogP contribution in [0.2, 0.25) is 0 Å². The molecule has 0 unspecified atom stereocenters. The molecule has 0 bridgehead atoms. The maximum absolute atomic E-state index is 13.5. The highest BCUT2D eigenvalue weighted by Crippen LogP contribution is 2.29. The lowest BCUT2D eigenvalue weighted by molar-refractivity contribution is -0.132. The lowest BCUT2D eigenvalue weighted by Crippen LogP contribution is -2.42. The molecule has 3 heterocycles. The van der Waals surface area contributed by atoms with Crippen molar-refractivity contribution >= 4 is 29.2 Å². The molecule has 0 aliphatic carbocycles. The molecular formula is C22H21FN4O3. The van der Waals surface area contributed by atoms with E-state index >= 15 is 0 Å². The summed E-state index contributed by atoms with van der Waals surface area (Å²) in [5.41, 5.74) is 2.01. The van der Waals surface area contributed by atoms with Crippen LogP contribution in [0.4, 0.5) is 15.9 Å². The fourth-order valence-electron chi connectivity index (χ4n) is 4.08. The van der Waals surface area contributed by atoms with Crippen LogP contribution in [-0.4, -0.2) is 40.2 Å². The maximum atomic E-state index is 13.5. The number of benzene rings is 1. The van der Waals surface area contributed by atoms with Gasteiger partial charge in [-0.3, -0.25) is 14.4 Å². The Bertz CT molecular complexity index is 1040. The predicted molar refractivity (Wildman–Crippen MR) is 109 cm³/mol. The monoisotopic (exact) mass is 408 g/mol. The second-order valence-electron chi connectivity index (χ2n) is 7.59. The Morgan fingerprint density at radius 3 is 2.97 bits per heavy atom. The molecule has 4 rings (SSSR count). The molecule has 2 aliphatic rings. The first-order valence-corrected chi connectivity index (χ1v) is 9.70. The largest absolute Gasteiger partial charge is 0.327 e. The van der Waals surface area contributed by atoms with Crippen LogP contribution in [0.5, 0.6) is 0 Å². The molecule has 1 fully saturated rings. The van der Waals surface area contributed by atoms with Gasteiger partial charge in [0, 0.05) is 12.1 Å². The van der Waals surface area contributed by atoms with Gasteiger partial charge in [-0.25, -0.2) is 9.37 Å². The molecule has 2 N–H and O–H groups in total. The van der Waals surface area contributed by atoms with Crippen molar-refractivity contribution in [1.29, 1.82) is 0 Å². The van der Waals surface area contributed by atoms with Crippen LogP contribution in [0.1, 0.15) is 17.5 Å². The van der Waals surface area contributed by atoms with Gasteiger partial charge < -0.3 is 15.5 Å². The number of nitrogens with one attached hydrogen (secondary N) is 2. The number of hydrogen-bond donors (Lipinski definition) is 2. The Kier molecular flexibility index (Phi) is 5.31. The van der Waals surface area contributed by atoms with Crippen LogP contribution in [0, 0.1) is 11.7 Å². The van der Waals surface area contributed by atoms with Gasteiger partial charge in [-0.15, -0.1) is 0 Å². The van der Waals surface area contributed by atoms with Gasteiger partial charge in [-0.1, -0.05) is 18.7 Å². The summed E-state index contributed by atoms with van der Waals surface area (Å²) in [6.07, 6.45) is 3.91. The average Bonchev–Trinajstić information content (AvgIpc) is 3.29. The standard InChI is InChI=1S/C22H21FN4O3/c1-2-20(29)27-12-14(6-13-4-3-5-16(23)7-13)8-18(27)22(30)25-17-9-15-10-19(28)26-21(15)24-11-17/h2-5,7,9,11,14,18H,1,6,8,10,12H2,(H,25,30)(H,24,26,28)/t14-,18+/m1/s1. The number of likely N-dealkylation sites (tertiary alicyclic amines) is 1. The first-order chi connectivity index (χ1) is 14.4. The second kappa shape index (κ2) is 8.06. The summed E-state index contributed by atoms with van der Waals surface area (Å²) in [5.74, 6) is -0.579. The van der Waals surface area contributed by atoms with Gasteiger partial charge >= 0.3 is 0 Å². The van der Waals surface area contributed by atoms with E-state index in [1.807, 2.05) is 6.07 Å². The zero-order valence-corrected chi connectivity index (χ0v) is 16.2. The SMILES string of the molecule is C=CC(=O)N1C[C@H](Cc2cccc(F)c2)C[C@H]1C(=O)Nc1cnc2c(c1)CC(=O)N2. The number of amides is 3. The van der Waals surface area contributed by atoms with Gasteiger partial charge in [0.05, 0.1) is 18.3 Å². The molecule has 7 nitrogen and oxygen atoms in total. The molecule has 0 saturated carbocycles. The molecule has 1 aromatic carbocycles. The fraction of sp³-hybridized carbons (Fsp3) is 0.273. The van der Waals surface area contributed by atoms with Crippen LogP contribution < -0.4 is 10.6 Å². The Balaban J connectivity index is 1.48. The summed E-state index contributed by atoms with van der Waals surface area (Å²) in [7, 11) is 0. The number of nitrogens with zero attached hydrogens (tertiary/aromatic N) is 2. The summed E-state index contributed by atoms with van der Waals surface area (Å²) in [6, 6.07) is 7.38. The van der Waals surface area contributed by atoms with Crippen molar-refractivity contribution in [2.45, 2.75) is 25.3 Å². The summed E-state index contributed by atoms with van der Waals surface area (Å²) in [4.78, 5) is 42.4. The molecule has 2 aromatic rings. The highest BCUT2D eigenvalue weighted by Gasteiger charge is 2.38. The van der Waals surface area contributed by atoms with Crippen molar-refractivity contribution < 1.29 is 18.8 Å². The summed E-state index contributed by atoms with van der Waals surface area (Å²) in [6.45, 7) is 3.92. The molecule has 2 aliphatic heterocycles. The van der Waals surface area contributed by atoms with E-state index in [1.165, 1.54) is 29.3 Å². The average molecular weight is 408 g/mol. The molecule has 0 spiro atoms. The van der Waals surface area contributed by atoms with E-state index in [2.05, 4.69) is 22.2 Å². The van der Waals surface area contributed by atoms with Gasteiger partial charge in [-0.2, -0.15) is 0 Å². The molecule has 1 saturated heterocycles. The van der Waals surface area contributed by atoms with Crippen molar-refractivity contribution in [2.75, 3.05) is 17.2 Å². The minimum atomic E-state index is -0.665.